The van der Waals surface area contributed by atoms with Gasteiger partial charge in [0.1, 0.15) is 11.8 Å². The van der Waals surface area contributed by atoms with Crippen LogP contribution in [0.15, 0.2) is 6.20 Å². The molecule has 1 aromatic rings. The molecule has 0 spiro atoms. The van der Waals surface area contributed by atoms with Gasteiger partial charge < -0.3 is 10.8 Å². The summed E-state index contributed by atoms with van der Waals surface area (Å²) in [6.07, 6.45) is -2.65. The highest BCUT2D eigenvalue weighted by Gasteiger charge is 2.22. The number of nitrogens with zero attached hydrogens (tertiary/aromatic N) is 2. The van der Waals surface area contributed by atoms with Gasteiger partial charge in [-0.1, -0.05) is 0 Å². The fourth-order valence-electron chi connectivity index (χ4n) is 1.25. The van der Waals surface area contributed by atoms with Crippen LogP contribution in [0.1, 0.15) is 23.2 Å². The molecule has 1 aromatic heterocycles. The van der Waals surface area contributed by atoms with Gasteiger partial charge in [-0.3, -0.25) is 4.79 Å². The zero-order valence-corrected chi connectivity index (χ0v) is 7.94. The second-order valence-corrected chi connectivity index (χ2v) is 2.94. The molecule has 0 aliphatic carbocycles. The van der Waals surface area contributed by atoms with Crippen LogP contribution in [0.5, 0.6) is 0 Å². The molecule has 0 aliphatic rings. The Morgan fingerprint density at radius 1 is 1.69 bits per heavy atom. The number of aromatic nitrogens is 1. The predicted octanol–water partition coefficient (Wildman–Crippen LogP) is 1.10. The zero-order chi connectivity index (χ0) is 12.3. The molecule has 1 rings (SSSR count). The Morgan fingerprint density at radius 2 is 2.31 bits per heavy atom. The number of nitrogen functional groups attached to an aromatic ring is 1. The molecule has 0 saturated heterocycles. The third-order valence-electron chi connectivity index (χ3n) is 1.91. The first-order chi connectivity index (χ1) is 7.47. The number of nitrogens with two attached hydrogens (primary N) is 1. The van der Waals surface area contributed by atoms with E-state index in [0.717, 1.165) is 6.20 Å². The summed E-state index contributed by atoms with van der Waals surface area (Å²) >= 11 is 0. The second-order valence-electron chi connectivity index (χ2n) is 2.94. The highest BCUT2D eigenvalue weighted by Crippen LogP contribution is 2.29. The number of hydrogen-bond donors (Lipinski definition) is 2. The summed E-state index contributed by atoms with van der Waals surface area (Å²) in [6.45, 7) is 0. The van der Waals surface area contributed by atoms with Gasteiger partial charge in [0.15, 0.2) is 0 Å². The molecule has 0 bridgehead atoms. The molecule has 0 saturated carbocycles. The Labute approximate surface area is 89.1 Å². The summed E-state index contributed by atoms with van der Waals surface area (Å²) in [5.74, 6) is -1.30. The summed E-state index contributed by atoms with van der Waals surface area (Å²) < 4.78 is 25.3. The number of hydrogen-bond acceptors (Lipinski definition) is 4. The smallest absolute Gasteiger partial charge is 0.307 e. The molecular formula is C9H7F2N3O2. The van der Waals surface area contributed by atoms with Gasteiger partial charge in [-0.2, -0.15) is 5.26 Å². The number of pyridine rings is 1. The molecule has 7 heteroatoms. The number of halogens is 2. The first-order valence-corrected chi connectivity index (χ1v) is 4.14. The van der Waals surface area contributed by atoms with Crippen LogP contribution in [0, 0.1) is 11.3 Å². The minimum absolute atomic E-state index is 0.156. The quantitative estimate of drug-likeness (QED) is 0.805. The Morgan fingerprint density at radius 3 is 2.75 bits per heavy atom. The maximum atomic E-state index is 12.7. The average Bonchev–Trinajstić information content (AvgIpc) is 2.19. The van der Waals surface area contributed by atoms with E-state index in [2.05, 4.69) is 4.98 Å². The Bertz CT molecular complexity index is 469. The third-order valence-corrected chi connectivity index (χ3v) is 1.91. The molecule has 0 radical (unpaired) electrons. The van der Waals surface area contributed by atoms with Crippen LogP contribution in [0.3, 0.4) is 0 Å². The molecule has 0 fully saturated rings. The zero-order valence-electron chi connectivity index (χ0n) is 7.94. The molecule has 0 unspecified atom stereocenters. The summed E-state index contributed by atoms with van der Waals surface area (Å²) in [7, 11) is 0. The Balaban J connectivity index is 3.43. The van der Waals surface area contributed by atoms with E-state index < -0.39 is 30.1 Å². The van der Waals surface area contributed by atoms with Crippen molar-refractivity contribution in [2.24, 2.45) is 0 Å². The number of carboxylic acids is 1. The average molecular weight is 227 g/mol. The predicted molar refractivity (Wildman–Crippen MR) is 49.7 cm³/mol. The third kappa shape index (κ3) is 2.23. The fourth-order valence-corrected chi connectivity index (χ4v) is 1.25. The molecule has 0 atom stereocenters. The van der Waals surface area contributed by atoms with Crippen LogP contribution in [-0.4, -0.2) is 16.1 Å². The summed E-state index contributed by atoms with van der Waals surface area (Å²) in [5.41, 5.74) is 3.75. The number of rotatable bonds is 3. The van der Waals surface area contributed by atoms with Gasteiger partial charge in [-0.25, -0.2) is 13.8 Å². The summed E-state index contributed by atoms with van der Waals surface area (Å²) in [5, 5.41) is 17.1. The molecule has 0 aliphatic heterocycles. The molecule has 5 nitrogen and oxygen atoms in total. The standard InChI is InChI=1S/C9H7F2N3O2/c10-9(11)8-4(1-7(15)16)5(13)3-14-6(8)2-12/h3,9H,1,13H2,(H,15,16). The highest BCUT2D eigenvalue weighted by atomic mass is 19.3. The first kappa shape index (κ1) is 11.8. The topological polar surface area (TPSA) is 100 Å². The molecule has 84 valence electrons. The van der Waals surface area contributed by atoms with Crippen molar-refractivity contribution in [2.75, 3.05) is 5.73 Å². The van der Waals surface area contributed by atoms with Crippen molar-refractivity contribution in [3.8, 4) is 6.07 Å². The molecular weight excluding hydrogens is 220 g/mol. The largest absolute Gasteiger partial charge is 0.481 e. The van der Waals surface area contributed by atoms with Crippen molar-refractivity contribution in [3.05, 3.63) is 23.0 Å². The minimum atomic E-state index is -2.99. The van der Waals surface area contributed by atoms with Crippen molar-refractivity contribution in [2.45, 2.75) is 12.8 Å². The van der Waals surface area contributed by atoms with Crippen molar-refractivity contribution in [3.63, 3.8) is 0 Å². The van der Waals surface area contributed by atoms with Crippen LogP contribution >= 0.6 is 0 Å². The van der Waals surface area contributed by atoms with E-state index in [1.807, 2.05) is 0 Å². The van der Waals surface area contributed by atoms with Gasteiger partial charge in [0.2, 0.25) is 0 Å². The summed E-state index contributed by atoms with van der Waals surface area (Å²) in [4.78, 5) is 13.9. The SMILES string of the molecule is N#Cc1ncc(N)c(CC(=O)O)c1C(F)F. The van der Waals surface area contributed by atoms with E-state index in [1.165, 1.54) is 6.07 Å². The van der Waals surface area contributed by atoms with Crippen molar-refractivity contribution in [1.29, 1.82) is 5.26 Å². The fraction of sp³-hybridized carbons (Fsp3) is 0.222. The van der Waals surface area contributed by atoms with E-state index in [1.54, 1.807) is 0 Å². The van der Waals surface area contributed by atoms with E-state index in [0.29, 0.717) is 0 Å². The number of aliphatic carboxylic acids is 1. The lowest BCUT2D eigenvalue weighted by molar-refractivity contribution is -0.136. The number of carboxylic acid groups (broad SMARTS) is 1. The first-order valence-electron chi connectivity index (χ1n) is 4.14. The van der Waals surface area contributed by atoms with Crippen molar-refractivity contribution < 1.29 is 18.7 Å². The lowest BCUT2D eigenvalue weighted by Crippen LogP contribution is -2.10. The molecule has 16 heavy (non-hydrogen) atoms. The monoisotopic (exact) mass is 227 g/mol. The van der Waals surface area contributed by atoms with Crippen molar-refractivity contribution >= 4 is 11.7 Å². The molecule has 0 aromatic carbocycles. The molecule has 1 heterocycles. The number of carbonyl (C=O) groups is 1. The number of anilines is 1. The van der Waals surface area contributed by atoms with Crippen LogP contribution in [0.25, 0.3) is 0 Å². The van der Waals surface area contributed by atoms with E-state index in [-0.39, 0.29) is 11.3 Å². The minimum Gasteiger partial charge on any atom is -0.481 e. The Kier molecular flexibility index (Phi) is 3.35. The number of alkyl halides is 2. The Hall–Kier alpha value is -2.23. The van der Waals surface area contributed by atoms with Gasteiger partial charge in [-0.15, -0.1) is 0 Å². The van der Waals surface area contributed by atoms with E-state index in [4.69, 9.17) is 16.1 Å². The van der Waals surface area contributed by atoms with Crippen LogP contribution in [-0.2, 0) is 11.2 Å². The lowest BCUT2D eigenvalue weighted by Gasteiger charge is -2.10. The second kappa shape index (κ2) is 4.53. The molecule has 3 N–H and O–H groups in total. The van der Waals surface area contributed by atoms with Gasteiger partial charge >= 0.3 is 5.97 Å². The van der Waals surface area contributed by atoms with Crippen LogP contribution in [0.4, 0.5) is 14.5 Å². The maximum absolute atomic E-state index is 12.7. The summed E-state index contributed by atoms with van der Waals surface area (Å²) in [6, 6.07) is 1.48. The van der Waals surface area contributed by atoms with Gasteiger partial charge in [0.05, 0.1) is 23.9 Å². The van der Waals surface area contributed by atoms with Crippen LogP contribution in [0.2, 0.25) is 0 Å². The van der Waals surface area contributed by atoms with E-state index >= 15 is 0 Å². The van der Waals surface area contributed by atoms with Gasteiger partial charge in [-0.05, 0) is 5.56 Å². The van der Waals surface area contributed by atoms with E-state index in [9.17, 15) is 13.6 Å². The van der Waals surface area contributed by atoms with Crippen molar-refractivity contribution in [1.82, 2.24) is 4.98 Å². The van der Waals surface area contributed by atoms with Crippen LogP contribution < -0.4 is 5.73 Å². The van der Waals surface area contributed by atoms with Gasteiger partial charge in [0, 0.05) is 0 Å². The number of nitriles is 1. The highest BCUT2D eigenvalue weighted by molar-refractivity contribution is 5.74. The van der Waals surface area contributed by atoms with Gasteiger partial charge in [0.25, 0.3) is 6.43 Å². The molecule has 0 amide bonds. The lowest BCUT2D eigenvalue weighted by atomic mass is 10.0. The maximum Gasteiger partial charge on any atom is 0.307 e. The normalized spacial score (nSPS) is 10.1.